The second-order valence-corrected chi connectivity index (χ2v) is 2.54. The Morgan fingerprint density at radius 1 is 1.50 bits per heavy atom. The Morgan fingerprint density at radius 3 is 3.00 bits per heavy atom. The summed E-state index contributed by atoms with van der Waals surface area (Å²) in [7, 11) is 1.72. The van der Waals surface area contributed by atoms with Crippen LogP contribution < -0.4 is 0 Å². The van der Waals surface area contributed by atoms with Crippen LogP contribution in [0.4, 0.5) is 0 Å². The molecule has 1 rings (SSSR count). The molecule has 0 N–H and O–H groups in total. The van der Waals surface area contributed by atoms with E-state index >= 15 is 0 Å². The second-order valence-electron chi connectivity index (χ2n) is 2.54. The van der Waals surface area contributed by atoms with Gasteiger partial charge in [-0.2, -0.15) is 0 Å². The van der Waals surface area contributed by atoms with Crippen molar-refractivity contribution in [2.75, 3.05) is 26.9 Å². The average Bonchev–Trinajstić information content (AvgIpc) is 2.03. The molecule has 0 aromatic rings. The molecule has 1 fully saturated rings. The van der Waals surface area contributed by atoms with E-state index in [1.165, 1.54) is 0 Å². The lowest BCUT2D eigenvalue weighted by Crippen LogP contribution is -2.20. The quantitative estimate of drug-likeness (QED) is 0.556. The van der Waals surface area contributed by atoms with E-state index in [1.54, 1.807) is 7.11 Å². The van der Waals surface area contributed by atoms with E-state index in [0.717, 1.165) is 32.7 Å². The molecule has 1 aliphatic rings. The van der Waals surface area contributed by atoms with Gasteiger partial charge in [0.1, 0.15) is 0 Å². The standard InChI is InChI=1S/C7H14O3/c1-8-4-2-7-3-5-9-10-6-7/h7H,2-6H2,1H3. The third-order valence-corrected chi connectivity index (χ3v) is 1.73. The fourth-order valence-corrected chi connectivity index (χ4v) is 1.01. The normalized spacial score (nSPS) is 26.7. The lowest BCUT2D eigenvalue weighted by Gasteiger charge is -2.20. The van der Waals surface area contributed by atoms with Gasteiger partial charge in [-0.05, 0) is 18.8 Å². The Kier molecular flexibility index (Phi) is 3.72. The van der Waals surface area contributed by atoms with Crippen LogP contribution in [0.3, 0.4) is 0 Å². The molecule has 0 saturated carbocycles. The third kappa shape index (κ3) is 2.64. The summed E-state index contributed by atoms with van der Waals surface area (Å²) < 4.78 is 4.95. The van der Waals surface area contributed by atoms with E-state index in [9.17, 15) is 0 Å². The van der Waals surface area contributed by atoms with Crippen molar-refractivity contribution in [3.05, 3.63) is 0 Å². The highest BCUT2D eigenvalue weighted by atomic mass is 17.2. The van der Waals surface area contributed by atoms with Crippen molar-refractivity contribution in [2.45, 2.75) is 12.8 Å². The van der Waals surface area contributed by atoms with Gasteiger partial charge in [0.25, 0.3) is 0 Å². The molecule has 1 aliphatic heterocycles. The van der Waals surface area contributed by atoms with Crippen molar-refractivity contribution in [2.24, 2.45) is 5.92 Å². The lowest BCUT2D eigenvalue weighted by molar-refractivity contribution is -0.324. The van der Waals surface area contributed by atoms with Gasteiger partial charge in [-0.25, -0.2) is 9.78 Å². The molecular weight excluding hydrogens is 132 g/mol. The van der Waals surface area contributed by atoms with Crippen LogP contribution in [0.25, 0.3) is 0 Å². The van der Waals surface area contributed by atoms with Gasteiger partial charge in [-0.1, -0.05) is 0 Å². The maximum absolute atomic E-state index is 4.95. The molecule has 3 heteroatoms. The van der Waals surface area contributed by atoms with Gasteiger partial charge in [0, 0.05) is 13.7 Å². The first-order valence-corrected chi connectivity index (χ1v) is 3.67. The summed E-state index contributed by atoms with van der Waals surface area (Å²) in [5, 5.41) is 0. The van der Waals surface area contributed by atoms with E-state index in [2.05, 4.69) is 0 Å². The first-order chi connectivity index (χ1) is 4.93. The highest BCUT2D eigenvalue weighted by molar-refractivity contribution is 4.58. The van der Waals surface area contributed by atoms with Crippen molar-refractivity contribution < 1.29 is 14.5 Å². The first-order valence-electron chi connectivity index (χ1n) is 3.67. The molecule has 60 valence electrons. The maximum atomic E-state index is 4.95. The summed E-state index contributed by atoms with van der Waals surface area (Å²) in [5.41, 5.74) is 0. The van der Waals surface area contributed by atoms with Crippen LogP contribution in [0.5, 0.6) is 0 Å². The minimum absolute atomic E-state index is 0.633. The largest absolute Gasteiger partial charge is 0.385 e. The summed E-state index contributed by atoms with van der Waals surface area (Å²) in [6.07, 6.45) is 2.18. The monoisotopic (exact) mass is 146 g/mol. The Labute approximate surface area is 61.2 Å². The van der Waals surface area contributed by atoms with Gasteiger partial charge in [0.2, 0.25) is 0 Å². The average molecular weight is 146 g/mol. The summed E-state index contributed by atoms with van der Waals surface area (Å²) in [4.78, 5) is 9.56. The van der Waals surface area contributed by atoms with Gasteiger partial charge in [0.15, 0.2) is 0 Å². The number of hydrogen-bond acceptors (Lipinski definition) is 3. The SMILES string of the molecule is COCCC1CCOOC1. The number of rotatable bonds is 3. The van der Waals surface area contributed by atoms with Crippen molar-refractivity contribution in [3.8, 4) is 0 Å². The molecule has 10 heavy (non-hydrogen) atoms. The molecule has 0 spiro atoms. The van der Waals surface area contributed by atoms with Gasteiger partial charge < -0.3 is 4.74 Å². The van der Waals surface area contributed by atoms with Crippen LogP contribution in [-0.4, -0.2) is 26.9 Å². The van der Waals surface area contributed by atoms with E-state index in [-0.39, 0.29) is 0 Å². The molecule has 0 aliphatic carbocycles. The zero-order valence-corrected chi connectivity index (χ0v) is 6.34. The highest BCUT2D eigenvalue weighted by Crippen LogP contribution is 2.13. The Morgan fingerprint density at radius 2 is 2.40 bits per heavy atom. The maximum Gasteiger partial charge on any atom is 0.0852 e. The van der Waals surface area contributed by atoms with Gasteiger partial charge in [0.05, 0.1) is 13.2 Å². The van der Waals surface area contributed by atoms with Crippen LogP contribution in [0, 0.1) is 5.92 Å². The predicted molar refractivity (Wildman–Crippen MR) is 36.5 cm³/mol. The van der Waals surface area contributed by atoms with Crippen molar-refractivity contribution >= 4 is 0 Å². The van der Waals surface area contributed by atoms with Crippen LogP contribution in [0.2, 0.25) is 0 Å². The summed E-state index contributed by atoms with van der Waals surface area (Å²) in [6.45, 7) is 2.28. The van der Waals surface area contributed by atoms with Crippen LogP contribution in [-0.2, 0) is 14.5 Å². The Hall–Kier alpha value is -0.120. The third-order valence-electron chi connectivity index (χ3n) is 1.73. The van der Waals surface area contributed by atoms with Gasteiger partial charge in [-0.3, -0.25) is 0 Å². The molecule has 0 amide bonds. The number of ether oxygens (including phenoxy) is 1. The lowest BCUT2D eigenvalue weighted by atomic mass is 10.0. The number of methoxy groups -OCH3 is 1. The summed E-state index contributed by atoms with van der Waals surface area (Å²) in [5.74, 6) is 0.633. The zero-order chi connectivity index (χ0) is 7.23. The molecule has 0 aromatic heterocycles. The minimum Gasteiger partial charge on any atom is -0.385 e. The highest BCUT2D eigenvalue weighted by Gasteiger charge is 2.13. The van der Waals surface area contributed by atoms with Crippen LogP contribution in [0.1, 0.15) is 12.8 Å². The fourth-order valence-electron chi connectivity index (χ4n) is 1.01. The van der Waals surface area contributed by atoms with Crippen molar-refractivity contribution in [1.82, 2.24) is 0 Å². The van der Waals surface area contributed by atoms with E-state index < -0.39 is 0 Å². The Bertz CT molecular complexity index is 78.9. The molecule has 3 nitrogen and oxygen atoms in total. The van der Waals surface area contributed by atoms with Crippen molar-refractivity contribution in [1.29, 1.82) is 0 Å². The molecule has 1 heterocycles. The second kappa shape index (κ2) is 4.66. The summed E-state index contributed by atoms with van der Waals surface area (Å²) >= 11 is 0. The van der Waals surface area contributed by atoms with Gasteiger partial charge >= 0.3 is 0 Å². The minimum atomic E-state index is 0.633. The van der Waals surface area contributed by atoms with E-state index in [0.29, 0.717) is 5.92 Å². The fraction of sp³-hybridized carbons (Fsp3) is 1.00. The molecule has 1 atom stereocenters. The van der Waals surface area contributed by atoms with Crippen LogP contribution in [0.15, 0.2) is 0 Å². The Balaban J connectivity index is 2.02. The van der Waals surface area contributed by atoms with E-state index in [4.69, 9.17) is 14.5 Å². The smallest absolute Gasteiger partial charge is 0.0852 e. The van der Waals surface area contributed by atoms with E-state index in [1.807, 2.05) is 0 Å². The zero-order valence-electron chi connectivity index (χ0n) is 6.34. The molecule has 1 saturated heterocycles. The molecule has 0 radical (unpaired) electrons. The first kappa shape index (κ1) is 7.98. The molecule has 1 unspecified atom stereocenters. The number of hydrogen-bond donors (Lipinski definition) is 0. The molecule has 0 bridgehead atoms. The topological polar surface area (TPSA) is 27.7 Å². The molecule has 0 aromatic carbocycles. The van der Waals surface area contributed by atoms with Crippen LogP contribution >= 0.6 is 0 Å². The van der Waals surface area contributed by atoms with Gasteiger partial charge in [-0.15, -0.1) is 0 Å². The van der Waals surface area contributed by atoms with Crippen molar-refractivity contribution in [3.63, 3.8) is 0 Å². The molecular formula is C7H14O3. The predicted octanol–water partition coefficient (Wildman–Crippen LogP) is 0.991. The summed E-state index contributed by atoms with van der Waals surface area (Å²) in [6, 6.07) is 0.